The highest BCUT2D eigenvalue weighted by Crippen LogP contribution is 2.44. The molecule has 0 radical (unpaired) electrons. The molecule has 0 spiro atoms. The fourth-order valence-corrected chi connectivity index (χ4v) is 3.69. The zero-order valence-corrected chi connectivity index (χ0v) is 11.2. The van der Waals surface area contributed by atoms with E-state index in [9.17, 15) is 5.11 Å². The Bertz CT molecular complexity index is 405. The van der Waals surface area contributed by atoms with Crippen LogP contribution in [0.1, 0.15) is 37.4 Å². The molecule has 0 amide bonds. The van der Waals surface area contributed by atoms with Crippen LogP contribution in [0.4, 0.5) is 0 Å². The fraction of sp³-hybridized carbons (Fsp3) is 0.600. The van der Waals surface area contributed by atoms with Crippen LogP contribution in [-0.4, -0.2) is 17.7 Å². The summed E-state index contributed by atoms with van der Waals surface area (Å²) in [4.78, 5) is 0. The maximum absolute atomic E-state index is 10.1. The normalized spacial score (nSPS) is 31.8. The fourth-order valence-electron chi connectivity index (χ4n) is 3.56. The summed E-state index contributed by atoms with van der Waals surface area (Å²) in [5.41, 5.74) is 0.940. The van der Waals surface area contributed by atoms with E-state index in [0.29, 0.717) is 17.6 Å². The van der Waals surface area contributed by atoms with Gasteiger partial charge < -0.3 is 10.4 Å². The quantitative estimate of drug-likeness (QED) is 0.877. The summed E-state index contributed by atoms with van der Waals surface area (Å²) >= 11 is 5.84. The Morgan fingerprint density at radius 1 is 1.22 bits per heavy atom. The van der Waals surface area contributed by atoms with E-state index in [1.54, 1.807) is 0 Å². The lowest BCUT2D eigenvalue weighted by atomic mass is 9.95. The molecule has 2 fully saturated rings. The third-order valence-electron chi connectivity index (χ3n) is 4.57. The average molecular weight is 266 g/mol. The maximum atomic E-state index is 10.1. The molecule has 1 aromatic carbocycles. The van der Waals surface area contributed by atoms with Gasteiger partial charge in [-0.3, -0.25) is 0 Å². The topological polar surface area (TPSA) is 32.3 Å². The first-order valence-electron chi connectivity index (χ1n) is 6.89. The Balaban J connectivity index is 1.52. The van der Waals surface area contributed by atoms with E-state index in [1.807, 2.05) is 24.3 Å². The second kappa shape index (κ2) is 5.20. The standard InChI is InChI=1S/C15H20ClNO/c16-13-5-3-11(4-6-13)15(18)9-17-14-8-10-1-2-12(14)7-10/h3-6,10,12,14-15,17-18H,1-2,7-9H2. The summed E-state index contributed by atoms with van der Waals surface area (Å²) in [5.74, 6) is 1.80. The van der Waals surface area contributed by atoms with Crippen LogP contribution in [0.5, 0.6) is 0 Å². The van der Waals surface area contributed by atoms with E-state index in [-0.39, 0.29) is 0 Å². The van der Waals surface area contributed by atoms with Crippen molar-refractivity contribution >= 4 is 11.6 Å². The summed E-state index contributed by atoms with van der Waals surface area (Å²) in [5, 5.41) is 14.4. The van der Waals surface area contributed by atoms with Gasteiger partial charge in [-0.25, -0.2) is 0 Å². The largest absolute Gasteiger partial charge is 0.387 e. The van der Waals surface area contributed by atoms with Crippen molar-refractivity contribution in [3.63, 3.8) is 0 Å². The van der Waals surface area contributed by atoms with Crippen molar-refractivity contribution in [2.24, 2.45) is 11.8 Å². The van der Waals surface area contributed by atoms with Crippen LogP contribution in [0.15, 0.2) is 24.3 Å². The molecule has 2 aliphatic carbocycles. The number of fused-ring (bicyclic) bond motifs is 2. The molecule has 2 saturated carbocycles. The van der Waals surface area contributed by atoms with E-state index in [1.165, 1.54) is 25.7 Å². The number of rotatable bonds is 4. The van der Waals surface area contributed by atoms with E-state index in [0.717, 1.165) is 17.4 Å². The minimum atomic E-state index is -0.429. The predicted octanol–water partition coefficient (Wildman–Crippen LogP) is 3.15. The molecule has 1 aromatic rings. The lowest BCUT2D eigenvalue weighted by Gasteiger charge is -2.24. The lowest BCUT2D eigenvalue weighted by molar-refractivity contribution is 0.163. The summed E-state index contributed by atoms with van der Waals surface area (Å²) in [7, 11) is 0. The van der Waals surface area contributed by atoms with Gasteiger partial charge >= 0.3 is 0 Å². The van der Waals surface area contributed by atoms with Crippen LogP contribution in [0, 0.1) is 11.8 Å². The van der Waals surface area contributed by atoms with Crippen LogP contribution in [0.25, 0.3) is 0 Å². The van der Waals surface area contributed by atoms with Gasteiger partial charge in [-0.1, -0.05) is 30.2 Å². The molecule has 2 N–H and O–H groups in total. The van der Waals surface area contributed by atoms with Gasteiger partial charge in [0, 0.05) is 17.6 Å². The zero-order valence-electron chi connectivity index (χ0n) is 10.5. The molecule has 0 aromatic heterocycles. The van der Waals surface area contributed by atoms with Gasteiger partial charge in [0.15, 0.2) is 0 Å². The second-order valence-corrected chi connectivity index (χ2v) is 6.19. The predicted molar refractivity (Wildman–Crippen MR) is 73.7 cm³/mol. The molecule has 0 saturated heterocycles. The molecule has 2 nitrogen and oxygen atoms in total. The van der Waals surface area contributed by atoms with E-state index in [4.69, 9.17) is 11.6 Å². The number of aliphatic hydroxyl groups excluding tert-OH is 1. The first-order valence-corrected chi connectivity index (χ1v) is 7.27. The first-order chi connectivity index (χ1) is 8.72. The van der Waals surface area contributed by atoms with Crippen molar-refractivity contribution in [2.75, 3.05) is 6.54 Å². The molecule has 98 valence electrons. The van der Waals surface area contributed by atoms with Gasteiger partial charge in [-0.15, -0.1) is 0 Å². The number of nitrogens with one attached hydrogen (secondary N) is 1. The van der Waals surface area contributed by atoms with Crippen LogP contribution in [0.3, 0.4) is 0 Å². The van der Waals surface area contributed by atoms with Crippen LogP contribution in [-0.2, 0) is 0 Å². The van der Waals surface area contributed by atoms with Crippen LogP contribution >= 0.6 is 11.6 Å². The van der Waals surface area contributed by atoms with E-state index in [2.05, 4.69) is 5.32 Å². The lowest BCUT2D eigenvalue weighted by Crippen LogP contribution is -2.36. The van der Waals surface area contributed by atoms with Crippen molar-refractivity contribution in [3.8, 4) is 0 Å². The molecule has 2 bridgehead atoms. The second-order valence-electron chi connectivity index (χ2n) is 5.76. The van der Waals surface area contributed by atoms with Crippen molar-refractivity contribution in [2.45, 2.75) is 37.8 Å². The summed E-state index contributed by atoms with van der Waals surface area (Å²) in [6, 6.07) is 8.09. The molecule has 3 heteroatoms. The number of hydrogen-bond donors (Lipinski definition) is 2. The SMILES string of the molecule is OC(CNC1CC2CCC1C2)c1ccc(Cl)cc1. The Morgan fingerprint density at radius 3 is 2.61 bits per heavy atom. The molecule has 18 heavy (non-hydrogen) atoms. The van der Waals surface area contributed by atoms with Crippen molar-refractivity contribution < 1.29 is 5.11 Å². The van der Waals surface area contributed by atoms with Gasteiger partial charge in [0.05, 0.1) is 6.10 Å². The van der Waals surface area contributed by atoms with Gasteiger partial charge in [-0.05, 0) is 48.8 Å². The van der Waals surface area contributed by atoms with Crippen molar-refractivity contribution in [1.29, 1.82) is 0 Å². The zero-order chi connectivity index (χ0) is 12.5. The van der Waals surface area contributed by atoms with E-state index >= 15 is 0 Å². The van der Waals surface area contributed by atoms with Gasteiger partial charge in [0.1, 0.15) is 0 Å². The van der Waals surface area contributed by atoms with Crippen molar-refractivity contribution in [3.05, 3.63) is 34.9 Å². The van der Waals surface area contributed by atoms with Crippen molar-refractivity contribution in [1.82, 2.24) is 5.32 Å². The van der Waals surface area contributed by atoms with E-state index < -0.39 is 6.10 Å². The molecule has 0 aliphatic heterocycles. The third kappa shape index (κ3) is 2.56. The number of benzene rings is 1. The van der Waals surface area contributed by atoms with Gasteiger partial charge in [0.25, 0.3) is 0 Å². The van der Waals surface area contributed by atoms with Crippen LogP contribution in [0.2, 0.25) is 5.02 Å². The molecule has 4 unspecified atom stereocenters. The summed E-state index contributed by atoms with van der Waals surface area (Å²) in [6.45, 7) is 0.648. The molecule has 3 rings (SSSR count). The molecule has 2 aliphatic rings. The average Bonchev–Trinajstić information content (AvgIpc) is 2.99. The Morgan fingerprint density at radius 2 is 2.00 bits per heavy atom. The third-order valence-corrected chi connectivity index (χ3v) is 4.82. The monoisotopic (exact) mass is 265 g/mol. The first kappa shape index (κ1) is 12.5. The molecular formula is C15H20ClNO. The molecule has 4 atom stereocenters. The minimum Gasteiger partial charge on any atom is -0.387 e. The van der Waals surface area contributed by atoms with Gasteiger partial charge in [0.2, 0.25) is 0 Å². The Labute approximate surface area is 113 Å². The maximum Gasteiger partial charge on any atom is 0.0914 e. The van der Waals surface area contributed by atoms with Crippen LogP contribution < -0.4 is 5.32 Å². The number of halogens is 1. The number of aliphatic hydroxyl groups is 1. The highest BCUT2D eigenvalue weighted by Gasteiger charge is 2.39. The summed E-state index contributed by atoms with van der Waals surface area (Å²) in [6.07, 6.45) is 5.07. The Hall–Kier alpha value is -0.570. The highest BCUT2D eigenvalue weighted by molar-refractivity contribution is 6.30. The summed E-state index contributed by atoms with van der Waals surface area (Å²) < 4.78 is 0. The Kier molecular flexibility index (Phi) is 3.60. The minimum absolute atomic E-state index is 0.429. The molecular weight excluding hydrogens is 246 g/mol. The highest BCUT2D eigenvalue weighted by atomic mass is 35.5. The number of hydrogen-bond acceptors (Lipinski definition) is 2. The smallest absolute Gasteiger partial charge is 0.0914 e. The van der Waals surface area contributed by atoms with Gasteiger partial charge in [-0.2, -0.15) is 0 Å². The molecule has 0 heterocycles.